The van der Waals surface area contributed by atoms with Crippen molar-refractivity contribution in [3.63, 3.8) is 0 Å². The van der Waals surface area contributed by atoms with Gasteiger partial charge in [0.15, 0.2) is 0 Å². The van der Waals surface area contributed by atoms with E-state index in [4.69, 9.17) is 5.73 Å². The summed E-state index contributed by atoms with van der Waals surface area (Å²) in [6.45, 7) is 3.52. The molecule has 1 aromatic rings. The Bertz CT molecular complexity index is 392. The fourth-order valence-electron chi connectivity index (χ4n) is 2.82. The van der Waals surface area contributed by atoms with Gasteiger partial charge in [-0.3, -0.25) is 0 Å². The average Bonchev–Trinajstić information content (AvgIpc) is 2.63. The topological polar surface area (TPSA) is 29.3 Å². The van der Waals surface area contributed by atoms with Crippen LogP contribution in [0.5, 0.6) is 0 Å². The smallest absolute Gasteiger partial charge is 0.129 e. The molecule has 1 aliphatic rings. The Morgan fingerprint density at radius 3 is 2.83 bits per heavy atom. The number of benzene rings is 1. The van der Waals surface area contributed by atoms with Crippen molar-refractivity contribution in [2.75, 3.05) is 11.4 Å². The van der Waals surface area contributed by atoms with E-state index in [2.05, 4.69) is 11.8 Å². The molecule has 2 nitrogen and oxygen atoms in total. The second-order valence-corrected chi connectivity index (χ2v) is 5.08. The molecule has 100 valence electrons. The van der Waals surface area contributed by atoms with E-state index in [1.54, 1.807) is 6.07 Å². The normalized spacial score (nSPS) is 20.8. The molecule has 0 aliphatic carbocycles. The Morgan fingerprint density at radius 1 is 1.33 bits per heavy atom. The minimum Gasteiger partial charge on any atom is -0.368 e. The van der Waals surface area contributed by atoms with Crippen LogP contribution in [0.2, 0.25) is 0 Å². The SMILES string of the molecule is CCC1CCCCCN1c1ccc(CN)c(F)c1. The summed E-state index contributed by atoms with van der Waals surface area (Å²) in [6, 6.07) is 6.04. The number of hydrogen-bond donors (Lipinski definition) is 1. The van der Waals surface area contributed by atoms with Crippen molar-refractivity contribution in [1.82, 2.24) is 0 Å². The molecule has 18 heavy (non-hydrogen) atoms. The van der Waals surface area contributed by atoms with Gasteiger partial charge in [0, 0.05) is 30.4 Å². The van der Waals surface area contributed by atoms with Gasteiger partial charge in [0.1, 0.15) is 5.82 Å². The molecule has 1 aliphatic heterocycles. The molecule has 0 amide bonds. The predicted molar refractivity (Wildman–Crippen MR) is 74.2 cm³/mol. The summed E-state index contributed by atoms with van der Waals surface area (Å²) < 4.78 is 13.8. The molecular weight excluding hydrogens is 227 g/mol. The monoisotopic (exact) mass is 250 g/mol. The zero-order valence-corrected chi connectivity index (χ0v) is 11.2. The molecule has 2 N–H and O–H groups in total. The summed E-state index contributed by atoms with van der Waals surface area (Å²) >= 11 is 0. The third kappa shape index (κ3) is 2.83. The second-order valence-electron chi connectivity index (χ2n) is 5.08. The maximum absolute atomic E-state index is 13.8. The van der Waals surface area contributed by atoms with Gasteiger partial charge < -0.3 is 10.6 Å². The fourth-order valence-corrected chi connectivity index (χ4v) is 2.82. The molecule has 1 aromatic carbocycles. The molecule has 1 atom stereocenters. The van der Waals surface area contributed by atoms with Gasteiger partial charge in [-0.25, -0.2) is 4.39 Å². The highest BCUT2D eigenvalue weighted by Crippen LogP contribution is 2.27. The van der Waals surface area contributed by atoms with Gasteiger partial charge in [-0.05, 0) is 31.4 Å². The van der Waals surface area contributed by atoms with Crippen LogP contribution in [0.25, 0.3) is 0 Å². The van der Waals surface area contributed by atoms with Crippen LogP contribution in [-0.2, 0) is 6.54 Å². The number of hydrogen-bond acceptors (Lipinski definition) is 2. The first kappa shape index (κ1) is 13.3. The van der Waals surface area contributed by atoms with Crippen LogP contribution in [0.1, 0.15) is 44.6 Å². The quantitative estimate of drug-likeness (QED) is 0.890. The third-order valence-corrected chi connectivity index (χ3v) is 3.94. The maximum Gasteiger partial charge on any atom is 0.129 e. The molecule has 0 spiro atoms. The molecule has 3 heteroatoms. The van der Waals surface area contributed by atoms with Crippen LogP contribution in [0.3, 0.4) is 0 Å². The lowest BCUT2D eigenvalue weighted by Gasteiger charge is -2.31. The van der Waals surface area contributed by atoms with Crippen LogP contribution >= 0.6 is 0 Å². The fraction of sp³-hybridized carbons (Fsp3) is 0.600. The van der Waals surface area contributed by atoms with E-state index in [9.17, 15) is 4.39 Å². The lowest BCUT2D eigenvalue weighted by molar-refractivity contribution is 0.553. The minimum atomic E-state index is -0.172. The lowest BCUT2D eigenvalue weighted by Crippen LogP contribution is -2.34. The van der Waals surface area contributed by atoms with Crippen molar-refractivity contribution in [1.29, 1.82) is 0 Å². The van der Waals surface area contributed by atoms with E-state index in [1.165, 1.54) is 25.7 Å². The van der Waals surface area contributed by atoms with E-state index < -0.39 is 0 Å². The number of nitrogens with zero attached hydrogens (tertiary/aromatic N) is 1. The van der Waals surface area contributed by atoms with E-state index in [0.29, 0.717) is 11.6 Å². The van der Waals surface area contributed by atoms with Gasteiger partial charge >= 0.3 is 0 Å². The Morgan fingerprint density at radius 2 is 2.17 bits per heavy atom. The summed E-state index contributed by atoms with van der Waals surface area (Å²) in [5.74, 6) is -0.172. The van der Waals surface area contributed by atoms with E-state index >= 15 is 0 Å². The first-order valence-electron chi connectivity index (χ1n) is 7.01. The van der Waals surface area contributed by atoms with Crippen molar-refractivity contribution >= 4 is 5.69 Å². The largest absolute Gasteiger partial charge is 0.368 e. The first-order valence-corrected chi connectivity index (χ1v) is 7.01. The Balaban J connectivity index is 2.24. The molecule has 0 aromatic heterocycles. The first-order chi connectivity index (χ1) is 8.76. The molecule has 1 heterocycles. The zero-order valence-electron chi connectivity index (χ0n) is 11.2. The Hall–Kier alpha value is -1.09. The minimum absolute atomic E-state index is 0.172. The summed E-state index contributed by atoms with van der Waals surface area (Å²) in [6.07, 6.45) is 6.13. The molecule has 1 fully saturated rings. The molecule has 2 rings (SSSR count). The van der Waals surface area contributed by atoms with Crippen LogP contribution < -0.4 is 10.6 Å². The van der Waals surface area contributed by atoms with Crippen molar-refractivity contribution < 1.29 is 4.39 Å². The van der Waals surface area contributed by atoms with Gasteiger partial charge in [0.05, 0.1) is 0 Å². The zero-order chi connectivity index (χ0) is 13.0. The molecular formula is C15H23FN2. The van der Waals surface area contributed by atoms with Crippen molar-refractivity contribution in [3.05, 3.63) is 29.6 Å². The number of halogens is 1. The van der Waals surface area contributed by atoms with Gasteiger partial charge in [-0.2, -0.15) is 0 Å². The molecule has 0 radical (unpaired) electrons. The van der Waals surface area contributed by atoms with E-state index in [1.807, 2.05) is 12.1 Å². The molecule has 0 bridgehead atoms. The average molecular weight is 250 g/mol. The van der Waals surface area contributed by atoms with Crippen molar-refractivity contribution in [2.45, 2.75) is 51.6 Å². The predicted octanol–water partition coefficient (Wildman–Crippen LogP) is 3.44. The molecule has 1 saturated heterocycles. The lowest BCUT2D eigenvalue weighted by atomic mass is 10.1. The summed E-state index contributed by atoms with van der Waals surface area (Å²) in [5, 5.41) is 0. The number of rotatable bonds is 3. The maximum atomic E-state index is 13.8. The van der Waals surface area contributed by atoms with Gasteiger partial charge in [-0.1, -0.05) is 25.8 Å². The Kier molecular flexibility index (Phi) is 4.59. The summed E-state index contributed by atoms with van der Waals surface area (Å²) in [7, 11) is 0. The highest BCUT2D eigenvalue weighted by Gasteiger charge is 2.20. The van der Waals surface area contributed by atoms with Crippen LogP contribution in [-0.4, -0.2) is 12.6 Å². The van der Waals surface area contributed by atoms with Crippen molar-refractivity contribution in [2.24, 2.45) is 5.73 Å². The van der Waals surface area contributed by atoms with Crippen molar-refractivity contribution in [3.8, 4) is 0 Å². The highest BCUT2D eigenvalue weighted by atomic mass is 19.1. The van der Waals surface area contributed by atoms with Gasteiger partial charge in [0.25, 0.3) is 0 Å². The Labute approximate surface area is 109 Å². The van der Waals surface area contributed by atoms with Gasteiger partial charge in [0.2, 0.25) is 0 Å². The summed E-state index contributed by atoms with van der Waals surface area (Å²) in [5.41, 5.74) is 7.12. The summed E-state index contributed by atoms with van der Waals surface area (Å²) in [4.78, 5) is 2.37. The number of anilines is 1. The van der Waals surface area contributed by atoms with Crippen LogP contribution in [0, 0.1) is 5.82 Å². The van der Waals surface area contributed by atoms with E-state index in [-0.39, 0.29) is 12.4 Å². The van der Waals surface area contributed by atoms with E-state index in [0.717, 1.165) is 18.7 Å². The standard InChI is InChI=1S/C15H23FN2/c1-2-13-6-4-3-5-9-18(13)14-8-7-12(11-17)15(16)10-14/h7-8,10,13H,2-6,9,11,17H2,1H3. The molecule has 1 unspecified atom stereocenters. The molecule has 0 saturated carbocycles. The van der Waals surface area contributed by atoms with Gasteiger partial charge in [-0.15, -0.1) is 0 Å². The third-order valence-electron chi connectivity index (χ3n) is 3.94. The number of nitrogens with two attached hydrogens (primary N) is 1. The van der Waals surface area contributed by atoms with Crippen LogP contribution in [0.15, 0.2) is 18.2 Å². The van der Waals surface area contributed by atoms with Crippen LogP contribution in [0.4, 0.5) is 10.1 Å². The second kappa shape index (κ2) is 6.19. The highest BCUT2D eigenvalue weighted by molar-refractivity contribution is 5.49.